The van der Waals surface area contributed by atoms with Crippen molar-refractivity contribution in [1.29, 1.82) is 0 Å². The molecule has 8 nitrogen and oxygen atoms in total. The van der Waals surface area contributed by atoms with Crippen LogP contribution in [0.15, 0.2) is 29.6 Å². The first-order chi connectivity index (χ1) is 14.5. The summed E-state index contributed by atoms with van der Waals surface area (Å²) in [6.45, 7) is 2.97. The lowest BCUT2D eigenvalue weighted by Crippen LogP contribution is -2.24. The average molecular weight is 445 g/mol. The number of nitrogens with zero attached hydrogens (tertiary/aromatic N) is 3. The highest BCUT2D eigenvalue weighted by atomic mass is 32.1. The number of aromatic nitrogens is 2. The van der Waals surface area contributed by atoms with Gasteiger partial charge in [-0.25, -0.2) is 14.8 Å². The molecule has 156 valence electrons. The number of cyclic esters (lactones) is 1. The molecule has 1 fully saturated rings. The Morgan fingerprint density at radius 3 is 2.80 bits per heavy atom. The number of carbonyl (C=O) groups excluding carboxylic acids is 2. The first-order valence-corrected chi connectivity index (χ1v) is 11.0. The maximum absolute atomic E-state index is 12.4. The highest BCUT2D eigenvalue weighted by molar-refractivity contribution is 7.17. The van der Waals surface area contributed by atoms with Gasteiger partial charge in [0.1, 0.15) is 11.6 Å². The number of amides is 2. The molecule has 4 rings (SSSR count). The first-order valence-electron chi connectivity index (χ1n) is 9.34. The van der Waals surface area contributed by atoms with Crippen molar-refractivity contribution in [3.63, 3.8) is 0 Å². The predicted octanol–water partition coefficient (Wildman–Crippen LogP) is 3.20. The standard InChI is InChI=1S/C20H20N4O4S2/c1-12-2-4-13(5-3-12)8-16(26)23-19-22-15(11-29-19)18-14(21-17(10-25)30-18)9-24-6-7-28-20(24)27/h2-5,11,25H,6-10H2,1H3,(H,22,23,26). The van der Waals surface area contributed by atoms with Crippen LogP contribution < -0.4 is 5.32 Å². The molecule has 0 saturated carbocycles. The zero-order chi connectivity index (χ0) is 21.1. The summed E-state index contributed by atoms with van der Waals surface area (Å²) in [6.07, 6.45) is -0.103. The van der Waals surface area contributed by atoms with Crippen molar-refractivity contribution in [3.8, 4) is 10.6 Å². The van der Waals surface area contributed by atoms with E-state index in [0.717, 1.165) is 16.0 Å². The molecule has 3 aromatic rings. The monoisotopic (exact) mass is 444 g/mol. The third-order valence-electron chi connectivity index (χ3n) is 4.53. The number of hydrogen-bond acceptors (Lipinski definition) is 8. The Morgan fingerprint density at radius 2 is 2.10 bits per heavy atom. The molecule has 2 N–H and O–H groups in total. The Bertz CT molecular complexity index is 1060. The molecular formula is C20H20N4O4S2. The van der Waals surface area contributed by atoms with E-state index in [2.05, 4.69) is 15.3 Å². The van der Waals surface area contributed by atoms with Gasteiger partial charge in [-0.1, -0.05) is 29.8 Å². The molecule has 1 aromatic carbocycles. The molecule has 2 aromatic heterocycles. The van der Waals surface area contributed by atoms with E-state index in [4.69, 9.17) is 4.74 Å². The summed E-state index contributed by atoms with van der Waals surface area (Å²) in [7, 11) is 0. The third kappa shape index (κ3) is 4.66. The maximum atomic E-state index is 12.4. The zero-order valence-electron chi connectivity index (χ0n) is 16.3. The van der Waals surface area contributed by atoms with E-state index < -0.39 is 0 Å². The number of carbonyl (C=O) groups is 2. The summed E-state index contributed by atoms with van der Waals surface area (Å²) < 4.78 is 4.97. The minimum Gasteiger partial charge on any atom is -0.448 e. The van der Waals surface area contributed by atoms with Gasteiger partial charge < -0.3 is 15.2 Å². The summed E-state index contributed by atoms with van der Waals surface area (Å²) in [5.41, 5.74) is 3.40. The predicted molar refractivity (Wildman–Crippen MR) is 114 cm³/mol. The molecule has 0 spiro atoms. The molecular weight excluding hydrogens is 424 g/mol. The lowest BCUT2D eigenvalue weighted by molar-refractivity contribution is -0.115. The number of thiazole rings is 2. The Morgan fingerprint density at radius 1 is 1.30 bits per heavy atom. The Balaban J connectivity index is 1.47. The van der Waals surface area contributed by atoms with Crippen LogP contribution in [0.1, 0.15) is 21.8 Å². The van der Waals surface area contributed by atoms with E-state index in [0.29, 0.717) is 34.7 Å². The normalized spacial score (nSPS) is 13.5. The number of aryl methyl sites for hydroxylation is 1. The molecule has 0 unspecified atom stereocenters. The van der Waals surface area contributed by atoms with Crippen LogP contribution in [0.3, 0.4) is 0 Å². The molecule has 0 bridgehead atoms. The highest BCUT2D eigenvalue weighted by Gasteiger charge is 2.25. The van der Waals surface area contributed by atoms with Crippen LogP contribution in [0.4, 0.5) is 9.93 Å². The van der Waals surface area contributed by atoms with Crippen molar-refractivity contribution < 1.29 is 19.4 Å². The van der Waals surface area contributed by atoms with Gasteiger partial charge in [-0.3, -0.25) is 9.69 Å². The van der Waals surface area contributed by atoms with Crippen LogP contribution in [0.2, 0.25) is 0 Å². The lowest BCUT2D eigenvalue weighted by atomic mass is 10.1. The molecule has 1 saturated heterocycles. The molecule has 2 amide bonds. The Labute approximate surface area is 181 Å². The number of aliphatic hydroxyl groups is 1. The van der Waals surface area contributed by atoms with Crippen LogP contribution in [0.25, 0.3) is 10.6 Å². The smallest absolute Gasteiger partial charge is 0.410 e. The number of anilines is 1. The van der Waals surface area contributed by atoms with Gasteiger partial charge in [-0.05, 0) is 12.5 Å². The largest absolute Gasteiger partial charge is 0.448 e. The van der Waals surface area contributed by atoms with Crippen molar-refractivity contribution in [2.45, 2.75) is 26.5 Å². The fourth-order valence-corrected chi connectivity index (χ4v) is 4.70. The van der Waals surface area contributed by atoms with Gasteiger partial charge in [-0.15, -0.1) is 22.7 Å². The second-order valence-corrected chi connectivity index (χ2v) is 8.77. The van der Waals surface area contributed by atoms with Gasteiger partial charge in [-0.2, -0.15) is 0 Å². The van der Waals surface area contributed by atoms with E-state index in [1.807, 2.05) is 36.6 Å². The first kappa shape index (κ1) is 20.5. The van der Waals surface area contributed by atoms with Gasteiger partial charge in [0.2, 0.25) is 5.91 Å². The summed E-state index contributed by atoms with van der Waals surface area (Å²) in [5.74, 6) is -0.139. The second kappa shape index (κ2) is 8.90. The van der Waals surface area contributed by atoms with Crippen molar-refractivity contribution in [3.05, 3.63) is 51.5 Å². The average Bonchev–Trinajstić information content (AvgIpc) is 3.45. The van der Waals surface area contributed by atoms with Crippen molar-refractivity contribution in [2.75, 3.05) is 18.5 Å². The molecule has 0 radical (unpaired) electrons. The fourth-order valence-electron chi connectivity index (χ4n) is 3.02. The number of aliphatic hydroxyl groups excluding tert-OH is 1. The van der Waals surface area contributed by atoms with Crippen molar-refractivity contribution >= 4 is 39.8 Å². The van der Waals surface area contributed by atoms with Crippen LogP contribution in [0, 0.1) is 6.92 Å². The Hall–Kier alpha value is -2.82. The summed E-state index contributed by atoms with van der Waals surface area (Å²) in [5, 5.41) is 15.2. The van der Waals surface area contributed by atoms with Crippen LogP contribution in [-0.2, 0) is 29.1 Å². The minimum atomic E-state index is -0.373. The number of rotatable bonds is 7. The zero-order valence-corrected chi connectivity index (χ0v) is 17.9. The van der Waals surface area contributed by atoms with E-state index >= 15 is 0 Å². The molecule has 3 heterocycles. The van der Waals surface area contributed by atoms with Crippen molar-refractivity contribution in [2.24, 2.45) is 0 Å². The number of benzene rings is 1. The third-order valence-corrected chi connectivity index (χ3v) is 6.39. The number of nitrogens with one attached hydrogen (secondary N) is 1. The van der Waals surface area contributed by atoms with Crippen molar-refractivity contribution in [1.82, 2.24) is 14.9 Å². The number of ether oxygens (including phenoxy) is 1. The molecule has 0 aliphatic carbocycles. The van der Waals surface area contributed by atoms with E-state index in [9.17, 15) is 14.7 Å². The van der Waals surface area contributed by atoms with E-state index in [-0.39, 0.29) is 31.6 Å². The number of hydrogen-bond donors (Lipinski definition) is 2. The van der Waals surface area contributed by atoms with Crippen LogP contribution in [0.5, 0.6) is 0 Å². The quantitative estimate of drug-likeness (QED) is 0.580. The molecule has 10 heteroatoms. The molecule has 1 aliphatic rings. The second-order valence-electron chi connectivity index (χ2n) is 6.83. The lowest BCUT2D eigenvalue weighted by Gasteiger charge is -2.11. The van der Waals surface area contributed by atoms with E-state index in [1.165, 1.54) is 22.7 Å². The minimum absolute atomic E-state index is 0.139. The van der Waals surface area contributed by atoms with Gasteiger partial charge in [0.25, 0.3) is 0 Å². The maximum Gasteiger partial charge on any atom is 0.410 e. The van der Waals surface area contributed by atoms with Crippen LogP contribution >= 0.6 is 22.7 Å². The SMILES string of the molecule is Cc1ccc(CC(=O)Nc2nc(-c3sc(CO)nc3CN3CCOC3=O)cs2)cc1. The van der Waals surface area contributed by atoms with Crippen LogP contribution in [-0.4, -0.2) is 45.1 Å². The van der Waals surface area contributed by atoms with Gasteiger partial charge in [0.15, 0.2) is 5.13 Å². The summed E-state index contributed by atoms with van der Waals surface area (Å²) >= 11 is 2.65. The fraction of sp³-hybridized carbons (Fsp3) is 0.300. The van der Waals surface area contributed by atoms with Gasteiger partial charge >= 0.3 is 6.09 Å². The summed E-state index contributed by atoms with van der Waals surface area (Å²) in [6, 6.07) is 7.83. The van der Waals surface area contributed by atoms with Gasteiger partial charge in [0.05, 0.1) is 42.4 Å². The molecule has 0 atom stereocenters. The Kier molecular flexibility index (Phi) is 6.07. The summed E-state index contributed by atoms with van der Waals surface area (Å²) in [4.78, 5) is 35.4. The molecule has 1 aliphatic heterocycles. The highest BCUT2D eigenvalue weighted by Crippen LogP contribution is 2.34. The topological polar surface area (TPSA) is 105 Å². The van der Waals surface area contributed by atoms with E-state index in [1.54, 1.807) is 4.90 Å². The molecule has 30 heavy (non-hydrogen) atoms. The van der Waals surface area contributed by atoms with Gasteiger partial charge in [0, 0.05) is 5.38 Å².